The van der Waals surface area contributed by atoms with Gasteiger partial charge in [-0.15, -0.1) is 0 Å². The minimum atomic E-state index is -3.69. The highest BCUT2D eigenvalue weighted by molar-refractivity contribution is 7.92. The Labute approximate surface area is 213 Å². The fourth-order valence-corrected chi connectivity index (χ4v) is 5.77. The Hall–Kier alpha value is -3.36. The number of anilines is 2. The summed E-state index contributed by atoms with van der Waals surface area (Å²) in [6, 6.07) is 21.8. The van der Waals surface area contributed by atoms with Crippen LogP contribution in [0.3, 0.4) is 0 Å². The van der Waals surface area contributed by atoms with E-state index in [1.165, 1.54) is 5.56 Å². The van der Waals surface area contributed by atoms with Crippen molar-refractivity contribution in [3.05, 3.63) is 83.9 Å². The molecule has 7 nitrogen and oxygen atoms in total. The third-order valence-corrected chi connectivity index (χ3v) is 8.00. The number of nitrogens with one attached hydrogen (secondary N) is 1. The smallest absolute Gasteiger partial charge is 0.261 e. The third kappa shape index (κ3) is 6.06. The standard InChI is InChI=1S/C28H33N3O4S/c1-30(27-14-7-6-10-22(27)20-31-17-9-8-11-25(31)21-32)19-23-15-16-24(18-28(23)35-2)29-36(33,34)26-12-4-3-5-13-26/h3-7,10,12-16,18,21,25,29H,8-9,11,17,19-20H2,1-2H3. The van der Waals surface area contributed by atoms with E-state index in [-0.39, 0.29) is 10.9 Å². The second-order valence-corrected chi connectivity index (χ2v) is 10.8. The van der Waals surface area contributed by atoms with E-state index in [1.807, 2.05) is 25.2 Å². The minimum absolute atomic E-state index is 0.0237. The summed E-state index contributed by atoms with van der Waals surface area (Å²) >= 11 is 0. The summed E-state index contributed by atoms with van der Waals surface area (Å²) in [4.78, 5) is 16.2. The molecule has 3 aromatic carbocycles. The van der Waals surface area contributed by atoms with Gasteiger partial charge >= 0.3 is 0 Å². The molecule has 0 radical (unpaired) electrons. The average Bonchev–Trinajstić information content (AvgIpc) is 2.90. The topological polar surface area (TPSA) is 79.0 Å². The van der Waals surface area contributed by atoms with Gasteiger partial charge in [0, 0.05) is 37.5 Å². The fourth-order valence-electron chi connectivity index (χ4n) is 4.70. The molecule has 0 aliphatic carbocycles. The normalized spacial score (nSPS) is 16.3. The van der Waals surface area contributed by atoms with Crippen molar-refractivity contribution in [2.45, 2.75) is 43.3 Å². The molecule has 190 valence electrons. The lowest BCUT2D eigenvalue weighted by atomic mass is 10.0. The van der Waals surface area contributed by atoms with Crippen LogP contribution in [0, 0.1) is 0 Å². The first kappa shape index (κ1) is 25.7. The van der Waals surface area contributed by atoms with Crippen LogP contribution in [0.25, 0.3) is 0 Å². The number of carbonyl (C=O) groups excluding carboxylic acids is 1. The highest BCUT2D eigenvalue weighted by Gasteiger charge is 2.23. The molecule has 1 fully saturated rings. The van der Waals surface area contributed by atoms with Crippen molar-refractivity contribution in [3.8, 4) is 5.75 Å². The molecule has 1 saturated heterocycles. The predicted octanol–water partition coefficient (Wildman–Crippen LogP) is 4.69. The Morgan fingerprint density at radius 1 is 1.03 bits per heavy atom. The summed E-state index contributed by atoms with van der Waals surface area (Å²) in [5, 5.41) is 0. The van der Waals surface area contributed by atoms with Gasteiger partial charge in [0.1, 0.15) is 12.0 Å². The number of sulfonamides is 1. The molecule has 0 aromatic heterocycles. The number of hydrogen-bond acceptors (Lipinski definition) is 6. The fraction of sp³-hybridized carbons (Fsp3) is 0.321. The van der Waals surface area contributed by atoms with E-state index in [4.69, 9.17) is 4.74 Å². The van der Waals surface area contributed by atoms with E-state index < -0.39 is 10.0 Å². The molecule has 1 heterocycles. The van der Waals surface area contributed by atoms with Crippen LogP contribution in [0.2, 0.25) is 0 Å². The van der Waals surface area contributed by atoms with E-state index in [9.17, 15) is 13.2 Å². The maximum absolute atomic E-state index is 12.7. The van der Waals surface area contributed by atoms with Gasteiger partial charge in [0.25, 0.3) is 10.0 Å². The number of carbonyl (C=O) groups is 1. The minimum Gasteiger partial charge on any atom is -0.496 e. The SMILES string of the molecule is COc1cc(NS(=O)(=O)c2ccccc2)ccc1CN(C)c1ccccc1CN1CCCCC1C=O. The lowest BCUT2D eigenvalue weighted by molar-refractivity contribution is -0.113. The molecule has 36 heavy (non-hydrogen) atoms. The molecule has 0 spiro atoms. The first-order valence-electron chi connectivity index (χ1n) is 12.1. The van der Waals surface area contributed by atoms with Gasteiger partial charge in [-0.25, -0.2) is 8.42 Å². The number of benzene rings is 3. The molecule has 0 bridgehead atoms. The second-order valence-electron chi connectivity index (χ2n) is 9.10. The van der Waals surface area contributed by atoms with Crippen LogP contribution in [0.4, 0.5) is 11.4 Å². The van der Waals surface area contributed by atoms with E-state index in [2.05, 4.69) is 26.7 Å². The number of piperidine rings is 1. The van der Waals surface area contributed by atoms with Gasteiger partial charge in [-0.1, -0.05) is 48.9 Å². The average molecular weight is 508 g/mol. The zero-order valence-corrected chi connectivity index (χ0v) is 21.6. The van der Waals surface area contributed by atoms with Gasteiger partial charge in [-0.05, 0) is 49.2 Å². The molecule has 0 amide bonds. The number of aldehydes is 1. The first-order valence-corrected chi connectivity index (χ1v) is 13.6. The maximum atomic E-state index is 12.7. The van der Waals surface area contributed by atoms with Crippen LogP contribution in [-0.4, -0.2) is 46.3 Å². The summed E-state index contributed by atoms with van der Waals surface area (Å²) in [5.74, 6) is 0.602. The predicted molar refractivity (Wildman–Crippen MR) is 143 cm³/mol. The number of para-hydroxylation sites is 1. The van der Waals surface area contributed by atoms with Gasteiger partial charge in [0.05, 0.1) is 23.7 Å². The van der Waals surface area contributed by atoms with Crippen molar-refractivity contribution in [1.29, 1.82) is 0 Å². The highest BCUT2D eigenvalue weighted by atomic mass is 32.2. The number of nitrogens with zero attached hydrogens (tertiary/aromatic N) is 2. The van der Waals surface area contributed by atoms with E-state index in [1.54, 1.807) is 49.6 Å². The molecule has 0 saturated carbocycles. The number of hydrogen-bond donors (Lipinski definition) is 1. The van der Waals surface area contributed by atoms with Gasteiger partial charge in [0.2, 0.25) is 0 Å². The Kier molecular flexibility index (Phi) is 8.28. The van der Waals surface area contributed by atoms with Crippen LogP contribution in [0.1, 0.15) is 30.4 Å². The van der Waals surface area contributed by atoms with E-state index >= 15 is 0 Å². The Balaban J connectivity index is 1.51. The summed E-state index contributed by atoms with van der Waals surface area (Å²) in [5.41, 5.74) is 3.62. The Bertz CT molecular complexity index is 1280. The largest absolute Gasteiger partial charge is 0.496 e. The zero-order valence-electron chi connectivity index (χ0n) is 20.8. The van der Waals surface area contributed by atoms with Crippen LogP contribution < -0.4 is 14.4 Å². The molecule has 8 heteroatoms. The second kappa shape index (κ2) is 11.6. The molecule has 1 N–H and O–H groups in total. The summed E-state index contributed by atoms with van der Waals surface area (Å²) in [7, 11) is -0.0822. The molecular formula is C28H33N3O4S. The molecule has 1 aliphatic heterocycles. The van der Waals surface area contributed by atoms with Gasteiger partial charge < -0.3 is 14.4 Å². The van der Waals surface area contributed by atoms with Crippen molar-refractivity contribution in [3.63, 3.8) is 0 Å². The van der Waals surface area contributed by atoms with Crippen molar-refractivity contribution in [1.82, 2.24) is 4.90 Å². The van der Waals surface area contributed by atoms with Crippen LogP contribution in [0.5, 0.6) is 5.75 Å². The van der Waals surface area contributed by atoms with Crippen LogP contribution in [-0.2, 0) is 27.9 Å². The van der Waals surface area contributed by atoms with Gasteiger partial charge in [0.15, 0.2) is 0 Å². The lowest BCUT2D eigenvalue weighted by Gasteiger charge is -2.33. The molecule has 4 rings (SSSR count). The van der Waals surface area contributed by atoms with Crippen molar-refractivity contribution in [2.24, 2.45) is 0 Å². The number of methoxy groups -OCH3 is 1. The lowest BCUT2D eigenvalue weighted by Crippen LogP contribution is -2.40. The van der Waals surface area contributed by atoms with Gasteiger partial charge in [-0.3, -0.25) is 9.62 Å². The molecule has 1 unspecified atom stereocenters. The van der Waals surface area contributed by atoms with Crippen molar-refractivity contribution < 1.29 is 17.9 Å². The monoisotopic (exact) mass is 507 g/mol. The number of likely N-dealkylation sites (tertiary alicyclic amines) is 1. The molecule has 3 aromatic rings. The quantitative estimate of drug-likeness (QED) is 0.401. The van der Waals surface area contributed by atoms with Gasteiger partial charge in [-0.2, -0.15) is 0 Å². The Morgan fingerprint density at radius 2 is 1.78 bits per heavy atom. The Morgan fingerprint density at radius 3 is 2.53 bits per heavy atom. The number of rotatable bonds is 10. The van der Waals surface area contributed by atoms with Crippen LogP contribution in [0.15, 0.2) is 77.7 Å². The number of ether oxygens (including phenoxy) is 1. The third-order valence-electron chi connectivity index (χ3n) is 6.60. The maximum Gasteiger partial charge on any atom is 0.261 e. The van der Waals surface area contributed by atoms with Crippen molar-refractivity contribution in [2.75, 3.05) is 30.3 Å². The molecular weight excluding hydrogens is 474 g/mol. The molecule has 1 atom stereocenters. The highest BCUT2D eigenvalue weighted by Crippen LogP contribution is 2.30. The molecule has 1 aliphatic rings. The van der Waals surface area contributed by atoms with E-state index in [0.29, 0.717) is 18.0 Å². The summed E-state index contributed by atoms with van der Waals surface area (Å²) < 4.78 is 33.7. The summed E-state index contributed by atoms with van der Waals surface area (Å²) in [6.45, 7) is 2.22. The summed E-state index contributed by atoms with van der Waals surface area (Å²) in [6.07, 6.45) is 4.20. The van der Waals surface area contributed by atoms with Crippen LogP contribution >= 0.6 is 0 Å². The zero-order chi connectivity index (χ0) is 25.5. The van der Waals surface area contributed by atoms with Crippen molar-refractivity contribution >= 4 is 27.7 Å². The van der Waals surface area contributed by atoms with E-state index in [0.717, 1.165) is 49.9 Å². The first-order chi connectivity index (χ1) is 17.4.